The highest BCUT2D eigenvalue weighted by atomic mass is 16.5. The zero-order chi connectivity index (χ0) is 14.9. The van der Waals surface area contributed by atoms with Crippen LogP contribution in [0.2, 0.25) is 0 Å². The molecule has 0 fully saturated rings. The highest BCUT2D eigenvalue weighted by molar-refractivity contribution is 5.66. The van der Waals surface area contributed by atoms with Gasteiger partial charge in [-0.2, -0.15) is 0 Å². The van der Waals surface area contributed by atoms with Gasteiger partial charge < -0.3 is 5.11 Å². The van der Waals surface area contributed by atoms with Crippen molar-refractivity contribution >= 4 is 5.97 Å². The lowest BCUT2D eigenvalue weighted by molar-refractivity contribution is -0.137. The Morgan fingerprint density at radius 3 is 1.70 bits per heavy atom. The molecular formula is C18H34O2. The molecule has 0 unspecified atom stereocenters. The first-order valence-corrected chi connectivity index (χ1v) is 8.64. The maximum absolute atomic E-state index is 10.3. The second-order valence-electron chi connectivity index (χ2n) is 5.73. The van der Waals surface area contributed by atoms with E-state index in [9.17, 15) is 4.79 Å². The third-order valence-electron chi connectivity index (χ3n) is 3.65. The summed E-state index contributed by atoms with van der Waals surface area (Å²) in [5, 5.41) is 8.51. The molecule has 0 saturated carbocycles. The summed E-state index contributed by atoms with van der Waals surface area (Å²) in [6.07, 6.45) is 21.2. The first-order valence-electron chi connectivity index (χ1n) is 8.64. The topological polar surface area (TPSA) is 37.3 Å². The van der Waals surface area contributed by atoms with Gasteiger partial charge in [0, 0.05) is 6.42 Å². The molecule has 0 amide bonds. The number of aliphatic carboxylic acids is 1. The maximum atomic E-state index is 10.3. The molecule has 0 atom stereocenters. The van der Waals surface area contributed by atoms with Gasteiger partial charge in [-0.05, 0) is 32.1 Å². The summed E-state index contributed by atoms with van der Waals surface area (Å²) in [4.78, 5) is 10.3. The molecule has 0 bridgehead atoms. The summed E-state index contributed by atoms with van der Waals surface area (Å²) in [6, 6.07) is 0. The number of carboxylic acids is 1. The van der Waals surface area contributed by atoms with Crippen molar-refractivity contribution in [1.29, 1.82) is 0 Å². The first-order chi connectivity index (χ1) is 9.77. The number of hydrogen-bond acceptors (Lipinski definition) is 1. The van der Waals surface area contributed by atoms with E-state index in [4.69, 9.17) is 5.11 Å². The van der Waals surface area contributed by atoms with Crippen LogP contribution in [0.1, 0.15) is 96.8 Å². The van der Waals surface area contributed by atoms with Crippen LogP contribution in [-0.2, 0) is 4.79 Å². The Hall–Kier alpha value is -0.790. The van der Waals surface area contributed by atoms with Gasteiger partial charge in [0.2, 0.25) is 0 Å². The van der Waals surface area contributed by atoms with Crippen molar-refractivity contribution < 1.29 is 9.90 Å². The third-order valence-corrected chi connectivity index (χ3v) is 3.65. The van der Waals surface area contributed by atoms with Crippen LogP contribution in [0.25, 0.3) is 0 Å². The Labute approximate surface area is 125 Å². The Bertz CT molecular complexity index is 234. The molecule has 0 heterocycles. The lowest BCUT2D eigenvalue weighted by Gasteiger charge is -1.99. The molecule has 0 radical (unpaired) electrons. The molecular weight excluding hydrogens is 253 g/mol. The Morgan fingerprint density at radius 1 is 0.750 bits per heavy atom. The monoisotopic (exact) mass is 287 g/mol. The summed E-state index contributed by atoms with van der Waals surface area (Å²) >= 11 is 0. The second kappa shape index (κ2) is 16.3. The number of carboxylic acid groups (broad SMARTS) is 1. The average Bonchev–Trinajstić information content (AvgIpc) is 2.43. The van der Waals surface area contributed by atoms with E-state index in [0.717, 1.165) is 12.8 Å². The van der Waals surface area contributed by atoms with Gasteiger partial charge in [0.25, 0.3) is 0 Å². The van der Waals surface area contributed by atoms with E-state index in [2.05, 4.69) is 19.1 Å². The van der Waals surface area contributed by atoms with Crippen molar-refractivity contribution in [3.63, 3.8) is 0 Å². The molecule has 1 N–H and O–H groups in total. The van der Waals surface area contributed by atoms with Crippen LogP contribution in [-0.4, -0.2) is 11.1 Å². The van der Waals surface area contributed by atoms with E-state index >= 15 is 0 Å². The number of unbranched alkanes of at least 4 members (excludes halogenated alkanes) is 11. The molecule has 0 aromatic rings. The second-order valence-corrected chi connectivity index (χ2v) is 5.73. The van der Waals surface area contributed by atoms with Gasteiger partial charge >= 0.3 is 5.97 Å². The van der Waals surface area contributed by atoms with Gasteiger partial charge in [0.1, 0.15) is 0 Å². The molecule has 0 aliphatic carbocycles. The van der Waals surface area contributed by atoms with Crippen molar-refractivity contribution in [3.05, 3.63) is 12.2 Å². The number of hydrogen-bond donors (Lipinski definition) is 1. The fourth-order valence-electron chi connectivity index (χ4n) is 2.35. The minimum absolute atomic E-state index is 0.332. The maximum Gasteiger partial charge on any atom is 0.303 e. The standard InChI is InChI=1S/C18H34O2/c1-2-3-4-5-6-7-8-9-10-11-12-13-14-15-16-17-18(19)20/h9-10H,2-8,11-17H2,1H3,(H,19,20)/b10-9-/i14+1,15+1,16+1,17+1,18+1. The normalized spacial score (nSPS) is 11.2. The molecule has 0 aliphatic rings. The van der Waals surface area contributed by atoms with E-state index in [1.54, 1.807) is 0 Å². The summed E-state index contributed by atoms with van der Waals surface area (Å²) in [7, 11) is 0. The summed E-state index contributed by atoms with van der Waals surface area (Å²) in [6.45, 7) is 2.26. The zero-order valence-corrected chi connectivity index (χ0v) is 13.4. The van der Waals surface area contributed by atoms with Crippen molar-refractivity contribution in [2.24, 2.45) is 0 Å². The summed E-state index contributed by atoms with van der Waals surface area (Å²) in [5.74, 6) is -0.664. The molecule has 2 heteroatoms. The minimum atomic E-state index is -0.664. The van der Waals surface area contributed by atoms with E-state index in [-0.39, 0.29) is 0 Å². The van der Waals surface area contributed by atoms with Crippen LogP contribution >= 0.6 is 0 Å². The fourth-order valence-corrected chi connectivity index (χ4v) is 2.35. The Balaban J connectivity index is 3.07. The third kappa shape index (κ3) is 17.2. The van der Waals surface area contributed by atoms with Crippen molar-refractivity contribution in [1.82, 2.24) is 0 Å². The van der Waals surface area contributed by atoms with E-state index in [0.29, 0.717) is 6.42 Å². The molecule has 20 heavy (non-hydrogen) atoms. The highest BCUT2D eigenvalue weighted by Gasteiger charge is 1.95. The molecule has 0 spiro atoms. The number of allylic oxidation sites excluding steroid dienone is 2. The first kappa shape index (κ1) is 19.2. The molecule has 0 aromatic heterocycles. The van der Waals surface area contributed by atoms with E-state index in [1.165, 1.54) is 70.6 Å². The van der Waals surface area contributed by atoms with Crippen LogP contribution in [0.15, 0.2) is 12.2 Å². The summed E-state index contributed by atoms with van der Waals surface area (Å²) in [5.41, 5.74) is 0. The Morgan fingerprint density at radius 2 is 1.20 bits per heavy atom. The van der Waals surface area contributed by atoms with E-state index in [1.807, 2.05) is 0 Å². The smallest absolute Gasteiger partial charge is 0.303 e. The molecule has 0 rings (SSSR count). The number of carbonyl (C=O) groups is 1. The highest BCUT2D eigenvalue weighted by Crippen LogP contribution is 2.09. The van der Waals surface area contributed by atoms with Gasteiger partial charge in [-0.15, -0.1) is 0 Å². The van der Waals surface area contributed by atoms with Crippen LogP contribution in [0.4, 0.5) is 0 Å². The van der Waals surface area contributed by atoms with Gasteiger partial charge in [-0.25, -0.2) is 0 Å². The van der Waals surface area contributed by atoms with Crippen LogP contribution in [0.3, 0.4) is 0 Å². The molecule has 0 saturated heterocycles. The SMILES string of the molecule is CCCCCCCC/C=C\CCC[13CH2][13CH2][13CH2][13CH2][13C](=O)O. The quantitative estimate of drug-likeness (QED) is 0.224. The van der Waals surface area contributed by atoms with Gasteiger partial charge in [0.15, 0.2) is 0 Å². The van der Waals surface area contributed by atoms with Crippen LogP contribution < -0.4 is 0 Å². The van der Waals surface area contributed by atoms with Crippen LogP contribution in [0, 0.1) is 0 Å². The molecule has 2 nitrogen and oxygen atoms in total. The lowest BCUT2D eigenvalue weighted by Crippen LogP contribution is -1.93. The minimum Gasteiger partial charge on any atom is -0.481 e. The average molecular weight is 287 g/mol. The summed E-state index contributed by atoms with van der Waals surface area (Å²) < 4.78 is 0. The number of rotatable bonds is 15. The largest absolute Gasteiger partial charge is 0.481 e. The van der Waals surface area contributed by atoms with Gasteiger partial charge in [-0.1, -0.05) is 70.4 Å². The predicted molar refractivity (Wildman–Crippen MR) is 87.1 cm³/mol. The molecule has 118 valence electrons. The Kier molecular flexibility index (Phi) is 15.6. The molecule has 0 aliphatic heterocycles. The van der Waals surface area contributed by atoms with Crippen molar-refractivity contribution in [2.45, 2.75) is 96.8 Å². The molecule has 0 aromatic carbocycles. The van der Waals surface area contributed by atoms with Gasteiger partial charge in [-0.3, -0.25) is 4.79 Å². The zero-order valence-electron chi connectivity index (χ0n) is 13.4. The van der Waals surface area contributed by atoms with Crippen molar-refractivity contribution in [2.75, 3.05) is 0 Å². The van der Waals surface area contributed by atoms with Gasteiger partial charge in [0.05, 0.1) is 0 Å². The predicted octanol–water partition coefficient (Wildman–Crippen LogP) is 6.11. The fraction of sp³-hybridized carbons (Fsp3) is 0.833. The van der Waals surface area contributed by atoms with Crippen molar-refractivity contribution in [3.8, 4) is 0 Å². The van der Waals surface area contributed by atoms with Crippen LogP contribution in [0.5, 0.6) is 0 Å². The lowest BCUT2D eigenvalue weighted by atomic mass is 10.1. The van der Waals surface area contributed by atoms with E-state index < -0.39 is 5.97 Å².